The molecule has 8 heteroatoms. The first kappa shape index (κ1) is 18.9. The van der Waals surface area contributed by atoms with Gasteiger partial charge in [-0.2, -0.15) is 0 Å². The molecule has 2 fully saturated rings. The number of rotatable bonds is 5. The summed E-state index contributed by atoms with van der Waals surface area (Å²) in [6, 6.07) is 6.23. The minimum atomic E-state index is -1.10. The van der Waals surface area contributed by atoms with Crippen LogP contribution in [-0.4, -0.2) is 46.1 Å². The Bertz CT molecular complexity index is 897. The summed E-state index contributed by atoms with van der Waals surface area (Å²) in [6.07, 6.45) is 3.54. The molecule has 2 aliphatic rings. The summed E-state index contributed by atoms with van der Waals surface area (Å²) >= 11 is 1.40. The molecule has 0 radical (unpaired) electrons. The van der Waals surface area contributed by atoms with E-state index in [9.17, 15) is 14.0 Å². The minimum Gasteiger partial charge on any atom is -0.465 e. The van der Waals surface area contributed by atoms with Gasteiger partial charge in [-0.25, -0.2) is 14.2 Å². The molecule has 6 nitrogen and oxygen atoms in total. The molecule has 2 amide bonds. The summed E-state index contributed by atoms with van der Waals surface area (Å²) in [6.45, 7) is 0.744. The Morgan fingerprint density at radius 2 is 2.04 bits per heavy atom. The number of nitrogens with zero attached hydrogens (tertiary/aromatic N) is 2. The molecule has 1 aliphatic carbocycles. The number of thiazole rings is 1. The largest absolute Gasteiger partial charge is 0.465 e. The SMILES string of the molecule is O=C(O)NC[C@@H]1CCCCN1C(=O)c1nc(C2CC2)sc1-c1ccccc1F. The molecular weight excluding hydrogens is 381 g/mol. The van der Waals surface area contributed by atoms with E-state index in [2.05, 4.69) is 10.3 Å². The van der Waals surface area contributed by atoms with Crippen LogP contribution in [0.5, 0.6) is 0 Å². The highest BCUT2D eigenvalue weighted by Crippen LogP contribution is 2.45. The molecule has 1 aromatic heterocycles. The molecule has 1 aliphatic heterocycles. The second-order valence-corrected chi connectivity index (χ2v) is 8.35. The van der Waals surface area contributed by atoms with Crippen LogP contribution in [-0.2, 0) is 0 Å². The maximum Gasteiger partial charge on any atom is 0.404 e. The summed E-state index contributed by atoms with van der Waals surface area (Å²) in [5, 5.41) is 12.2. The van der Waals surface area contributed by atoms with Gasteiger partial charge in [0.25, 0.3) is 5.91 Å². The lowest BCUT2D eigenvalue weighted by atomic mass is 10.0. The van der Waals surface area contributed by atoms with Crippen LogP contribution in [0.2, 0.25) is 0 Å². The van der Waals surface area contributed by atoms with Gasteiger partial charge >= 0.3 is 6.09 Å². The van der Waals surface area contributed by atoms with Crippen LogP contribution in [0.4, 0.5) is 9.18 Å². The first-order chi connectivity index (χ1) is 13.5. The van der Waals surface area contributed by atoms with Crippen LogP contribution in [0.1, 0.15) is 53.5 Å². The lowest BCUT2D eigenvalue weighted by molar-refractivity contribution is 0.0606. The van der Waals surface area contributed by atoms with E-state index in [-0.39, 0.29) is 24.3 Å². The molecule has 1 aromatic carbocycles. The normalized spacial score (nSPS) is 19.5. The number of benzene rings is 1. The predicted octanol–water partition coefficient (Wildman–Crippen LogP) is 4.09. The molecule has 1 atom stereocenters. The van der Waals surface area contributed by atoms with E-state index in [1.807, 2.05) is 0 Å². The van der Waals surface area contributed by atoms with E-state index in [1.165, 1.54) is 17.4 Å². The van der Waals surface area contributed by atoms with Gasteiger partial charge in [-0.3, -0.25) is 4.79 Å². The third-order valence-electron chi connectivity index (χ3n) is 5.27. The summed E-state index contributed by atoms with van der Waals surface area (Å²) in [5.74, 6) is -0.244. The standard InChI is InChI=1S/C20H22FN3O3S/c21-15-7-2-1-6-14(15)17-16(23-18(28-17)12-8-9-12)19(25)24-10-4-3-5-13(24)11-22-20(26)27/h1-2,6-7,12-13,22H,3-5,8-11H2,(H,26,27)/t13-/m0/s1. The Kier molecular flexibility index (Phi) is 5.30. The zero-order valence-electron chi connectivity index (χ0n) is 15.4. The summed E-state index contributed by atoms with van der Waals surface area (Å²) < 4.78 is 14.5. The number of amides is 2. The van der Waals surface area contributed by atoms with Crippen molar-refractivity contribution in [2.24, 2.45) is 0 Å². The van der Waals surface area contributed by atoms with Gasteiger partial charge in [0, 0.05) is 30.6 Å². The summed E-state index contributed by atoms with van der Waals surface area (Å²) in [7, 11) is 0. The van der Waals surface area contributed by atoms with E-state index in [0.29, 0.717) is 28.6 Å². The zero-order chi connectivity index (χ0) is 19.7. The van der Waals surface area contributed by atoms with Gasteiger partial charge in [0.2, 0.25) is 0 Å². The smallest absolute Gasteiger partial charge is 0.404 e. The molecule has 2 aromatic rings. The maximum atomic E-state index is 14.5. The van der Waals surface area contributed by atoms with Gasteiger partial charge in [-0.1, -0.05) is 18.2 Å². The second kappa shape index (κ2) is 7.87. The molecule has 0 unspecified atom stereocenters. The maximum absolute atomic E-state index is 14.5. The van der Waals surface area contributed by atoms with Crippen LogP contribution in [0.3, 0.4) is 0 Å². The third-order valence-corrected chi connectivity index (χ3v) is 6.52. The summed E-state index contributed by atoms with van der Waals surface area (Å²) in [4.78, 5) is 31.2. The minimum absolute atomic E-state index is 0.190. The van der Waals surface area contributed by atoms with Crippen molar-refractivity contribution in [1.29, 1.82) is 0 Å². The van der Waals surface area contributed by atoms with Crippen molar-refractivity contribution in [1.82, 2.24) is 15.2 Å². The lowest BCUT2D eigenvalue weighted by Crippen LogP contribution is -2.49. The van der Waals surface area contributed by atoms with Crippen LogP contribution in [0, 0.1) is 5.82 Å². The van der Waals surface area contributed by atoms with E-state index >= 15 is 0 Å². The second-order valence-electron chi connectivity index (χ2n) is 7.32. The first-order valence-corrected chi connectivity index (χ1v) is 10.4. The third kappa shape index (κ3) is 3.87. The highest BCUT2D eigenvalue weighted by Gasteiger charge is 2.35. The van der Waals surface area contributed by atoms with Gasteiger partial charge in [0.05, 0.1) is 9.88 Å². The van der Waals surface area contributed by atoms with Crippen molar-refractivity contribution in [2.45, 2.75) is 44.1 Å². The highest BCUT2D eigenvalue weighted by molar-refractivity contribution is 7.15. The zero-order valence-corrected chi connectivity index (χ0v) is 16.2. The van der Waals surface area contributed by atoms with Crippen molar-refractivity contribution in [3.05, 3.63) is 40.8 Å². The van der Waals surface area contributed by atoms with E-state index in [4.69, 9.17) is 5.11 Å². The Balaban J connectivity index is 1.68. The quantitative estimate of drug-likeness (QED) is 0.788. The first-order valence-electron chi connectivity index (χ1n) is 9.58. The van der Waals surface area contributed by atoms with Crippen LogP contribution in [0.25, 0.3) is 10.4 Å². The van der Waals surface area contributed by atoms with Gasteiger partial charge < -0.3 is 15.3 Å². The van der Waals surface area contributed by atoms with Crippen molar-refractivity contribution in [3.8, 4) is 10.4 Å². The van der Waals surface area contributed by atoms with Crippen LogP contribution < -0.4 is 5.32 Å². The monoisotopic (exact) mass is 403 g/mol. The average molecular weight is 403 g/mol. The fourth-order valence-corrected chi connectivity index (χ4v) is 4.89. The molecule has 4 rings (SSSR count). The number of aromatic nitrogens is 1. The number of nitrogens with one attached hydrogen (secondary N) is 1. The van der Waals surface area contributed by atoms with Gasteiger partial charge in [-0.15, -0.1) is 11.3 Å². The number of halogens is 1. The molecule has 0 bridgehead atoms. The molecule has 0 spiro atoms. The molecule has 2 heterocycles. The van der Waals surface area contributed by atoms with Crippen LogP contribution in [0.15, 0.2) is 24.3 Å². The predicted molar refractivity (Wildman–Crippen MR) is 104 cm³/mol. The molecule has 28 heavy (non-hydrogen) atoms. The van der Waals surface area contributed by atoms with Gasteiger partial charge in [0.15, 0.2) is 0 Å². The Morgan fingerprint density at radius 1 is 1.25 bits per heavy atom. The van der Waals surface area contributed by atoms with Gasteiger partial charge in [-0.05, 0) is 38.2 Å². The topological polar surface area (TPSA) is 82.5 Å². The Labute approximate surface area is 166 Å². The van der Waals surface area contributed by atoms with Crippen molar-refractivity contribution in [2.75, 3.05) is 13.1 Å². The van der Waals surface area contributed by atoms with Crippen molar-refractivity contribution < 1.29 is 19.1 Å². The van der Waals surface area contributed by atoms with Gasteiger partial charge in [0.1, 0.15) is 11.5 Å². The van der Waals surface area contributed by atoms with Crippen molar-refractivity contribution >= 4 is 23.3 Å². The number of carbonyl (C=O) groups excluding carboxylic acids is 1. The molecular formula is C20H22FN3O3S. The summed E-state index contributed by atoms with van der Waals surface area (Å²) in [5.41, 5.74) is 0.687. The number of hydrogen-bond acceptors (Lipinski definition) is 4. The average Bonchev–Trinajstić information content (AvgIpc) is 3.45. The Morgan fingerprint density at radius 3 is 2.75 bits per heavy atom. The fourth-order valence-electron chi connectivity index (χ4n) is 3.64. The molecule has 1 saturated carbocycles. The Hall–Kier alpha value is -2.48. The highest BCUT2D eigenvalue weighted by atomic mass is 32.1. The van der Waals surface area contributed by atoms with Crippen molar-refractivity contribution in [3.63, 3.8) is 0 Å². The molecule has 148 valence electrons. The van der Waals surface area contributed by atoms with E-state index < -0.39 is 6.09 Å². The van der Waals surface area contributed by atoms with E-state index in [1.54, 1.807) is 23.1 Å². The number of carbonyl (C=O) groups is 2. The molecule has 1 saturated heterocycles. The number of likely N-dealkylation sites (tertiary alicyclic amines) is 1. The number of hydrogen-bond donors (Lipinski definition) is 2. The molecule has 2 N–H and O–H groups in total. The fraction of sp³-hybridized carbons (Fsp3) is 0.450. The number of carboxylic acid groups (broad SMARTS) is 1. The lowest BCUT2D eigenvalue weighted by Gasteiger charge is -2.35. The van der Waals surface area contributed by atoms with Crippen LogP contribution >= 0.6 is 11.3 Å². The number of piperidine rings is 1. The van der Waals surface area contributed by atoms with E-state index in [0.717, 1.165) is 37.1 Å².